The van der Waals surface area contributed by atoms with Crippen molar-refractivity contribution in [2.24, 2.45) is 0 Å². The molecule has 70 valence electrons. The number of hydrogen-bond acceptors (Lipinski definition) is 1. The molecule has 1 heterocycles. The summed E-state index contributed by atoms with van der Waals surface area (Å²) in [4.78, 5) is 4.54. The monoisotopic (exact) mass is 183 g/mol. The molecule has 0 spiro atoms. The lowest BCUT2D eigenvalue weighted by atomic mass is 10.1. The van der Waals surface area contributed by atoms with Crippen LogP contribution in [0.1, 0.15) is 11.3 Å². The largest absolute Gasteiger partial charge is 0.253 e. The first-order chi connectivity index (χ1) is 6.77. The Kier molecular flexibility index (Phi) is 2.32. The molecule has 0 radical (unpaired) electrons. The van der Waals surface area contributed by atoms with Crippen LogP contribution in [0.15, 0.2) is 42.5 Å². The predicted molar refractivity (Wildman–Crippen MR) is 59.1 cm³/mol. The van der Waals surface area contributed by atoms with Gasteiger partial charge in [-0.05, 0) is 25.5 Å². The third kappa shape index (κ3) is 1.67. The number of pyridine rings is 1. The number of nitrogens with zero attached hydrogens (tertiary/aromatic N) is 1. The first-order valence-electron chi connectivity index (χ1n) is 4.77. The maximum Gasteiger partial charge on any atom is 0.0734 e. The van der Waals surface area contributed by atoms with E-state index in [1.807, 2.05) is 31.2 Å². The van der Waals surface area contributed by atoms with Crippen molar-refractivity contribution in [2.75, 3.05) is 0 Å². The van der Waals surface area contributed by atoms with Gasteiger partial charge in [-0.2, -0.15) is 0 Å². The average molecular weight is 183 g/mol. The van der Waals surface area contributed by atoms with E-state index in [0.717, 1.165) is 11.4 Å². The van der Waals surface area contributed by atoms with Crippen molar-refractivity contribution in [2.45, 2.75) is 13.8 Å². The third-order valence-corrected chi connectivity index (χ3v) is 2.28. The molecule has 0 aliphatic heterocycles. The number of aryl methyl sites for hydroxylation is 2. The third-order valence-electron chi connectivity index (χ3n) is 2.28. The highest BCUT2D eigenvalue weighted by Gasteiger charge is 2.02. The summed E-state index contributed by atoms with van der Waals surface area (Å²) < 4.78 is 0. The molecular weight excluding hydrogens is 170 g/mol. The smallest absolute Gasteiger partial charge is 0.0734 e. The van der Waals surface area contributed by atoms with Crippen molar-refractivity contribution in [3.8, 4) is 11.3 Å². The number of hydrogen-bond donors (Lipinski definition) is 0. The van der Waals surface area contributed by atoms with Gasteiger partial charge in [-0.25, -0.2) is 0 Å². The van der Waals surface area contributed by atoms with E-state index >= 15 is 0 Å². The van der Waals surface area contributed by atoms with E-state index in [2.05, 4.69) is 30.1 Å². The minimum absolute atomic E-state index is 1.06. The highest BCUT2D eigenvalue weighted by molar-refractivity contribution is 5.62. The molecule has 0 amide bonds. The lowest BCUT2D eigenvalue weighted by Crippen LogP contribution is -1.90. The zero-order valence-corrected chi connectivity index (χ0v) is 8.49. The van der Waals surface area contributed by atoms with Gasteiger partial charge in [-0.15, -0.1) is 0 Å². The van der Waals surface area contributed by atoms with Crippen LogP contribution in [0.25, 0.3) is 11.3 Å². The zero-order chi connectivity index (χ0) is 9.97. The van der Waals surface area contributed by atoms with Gasteiger partial charge in [0.1, 0.15) is 0 Å². The second-order valence-corrected chi connectivity index (χ2v) is 3.48. The molecule has 0 saturated carbocycles. The molecule has 0 aliphatic carbocycles. The molecule has 1 aromatic carbocycles. The van der Waals surface area contributed by atoms with Gasteiger partial charge in [-0.1, -0.05) is 36.4 Å². The molecule has 0 N–H and O–H groups in total. The van der Waals surface area contributed by atoms with E-state index in [-0.39, 0.29) is 0 Å². The molecule has 0 aliphatic rings. The van der Waals surface area contributed by atoms with Crippen molar-refractivity contribution in [1.82, 2.24) is 4.98 Å². The first-order valence-corrected chi connectivity index (χ1v) is 4.77. The fourth-order valence-electron chi connectivity index (χ4n) is 1.51. The van der Waals surface area contributed by atoms with E-state index in [4.69, 9.17) is 0 Å². The Morgan fingerprint density at radius 3 is 2.29 bits per heavy atom. The highest BCUT2D eigenvalue weighted by atomic mass is 14.7. The summed E-state index contributed by atoms with van der Waals surface area (Å²) in [5, 5.41) is 0. The Balaban J connectivity index is 2.57. The highest BCUT2D eigenvalue weighted by Crippen LogP contribution is 2.20. The molecule has 0 atom stereocenters. The molecule has 0 unspecified atom stereocenters. The normalized spacial score (nSPS) is 10.1. The standard InChI is InChI=1S/C13H13N/c1-10-8-9-11(2)14-13(10)12-6-4-3-5-7-12/h3-9H,1-2H3. The Hall–Kier alpha value is -1.63. The van der Waals surface area contributed by atoms with Gasteiger partial charge in [0, 0.05) is 11.3 Å². The van der Waals surface area contributed by atoms with Crippen LogP contribution in [-0.4, -0.2) is 4.98 Å². The van der Waals surface area contributed by atoms with Crippen LogP contribution in [0.4, 0.5) is 0 Å². The fraction of sp³-hybridized carbons (Fsp3) is 0.154. The van der Waals surface area contributed by atoms with Gasteiger partial charge in [-0.3, -0.25) is 4.98 Å². The maximum absolute atomic E-state index is 4.54. The van der Waals surface area contributed by atoms with Crippen LogP contribution in [0.2, 0.25) is 0 Å². The van der Waals surface area contributed by atoms with Crippen molar-refractivity contribution in [3.63, 3.8) is 0 Å². The topological polar surface area (TPSA) is 12.9 Å². The summed E-state index contributed by atoms with van der Waals surface area (Å²) in [6.07, 6.45) is 0. The van der Waals surface area contributed by atoms with Gasteiger partial charge >= 0.3 is 0 Å². The fourth-order valence-corrected chi connectivity index (χ4v) is 1.51. The molecule has 0 saturated heterocycles. The van der Waals surface area contributed by atoms with E-state index in [1.54, 1.807) is 0 Å². The van der Waals surface area contributed by atoms with E-state index in [9.17, 15) is 0 Å². The number of rotatable bonds is 1. The van der Waals surface area contributed by atoms with Crippen LogP contribution in [0.3, 0.4) is 0 Å². The summed E-state index contributed by atoms with van der Waals surface area (Å²) in [5.41, 5.74) is 4.57. The minimum Gasteiger partial charge on any atom is -0.253 e. The Morgan fingerprint density at radius 2 is 1.57 bits per heavy atom. The molecular formula is C13H13N. The molecule has 2 rings (SSSR count). The lowest BCUT2D eigenvalue weighted by Gasteiger charge is -2.05. The van der Waals surface area contributed by atoms with Crippen LogP contribution in [0, 0.1) is 13.8 Å². The zero-order valence-electron chi connectivity index (χ0n) is 8.49. The van der Waals surface area contributed by atoms with Gasteiger partial charge in [0.15, 0.2) is 0 Å². The molecule has 0 fully saturated rings. The molecule has 1 aromatic heterocycles. The molecule has 0 bridgehead atoms. The average Bonchev–Trinajstić information content (AvgIpc) is 2.23. The Morgan fingerprint density at radius 1 is 0.857 bits per heavy atom. The molecule has 14 heavy (non-hydrogen) atoms. The van der Waals surface area contributed by atoms with Gasteiger partial charge in [0.05, 0.1) is 5.69 Å². The molecule has 2 aromatic rings. The maximum atomic E-state index is 4.54. The predicted octanol–water partition coefficient (Wildman–Crippen LogP) is 3.37. The van der Waals surface area contributed by atoms with Crippen LogP contribution in [0.5, 0.6) is 0 Å². The second-order valence-electron chi connectivity index (χ2n) is 3.48. The van der Waals surface area contributed by atoms with Gasteiger partial charge in [0.2, 0.25) is 0 Å². The van der Waals surface area contributed by atoms with Crippen molar-refractivity contribution in [3.05, 3.63) is 53.7 Å². The van der Waals surface area contributed by atoms with Crippen LogP contribution in [-0.2, 0) is 0 Å². The van der Waals surface area contributed by atoms with E-state index in [0.29, 0.717) is 0 Å². The van der Waals surface area contributed by atoms with Crippen LogP contribution >= 0.6 is 0 Å². The summed E-state index contributed by atoms with van der Waals surface area (Å²) in [5.74, 6) is 0. The Labute approximate surface area is 84.4 Å². The summed E-state index contributed by atoms with van der Waals surface area (Å²) in [6, 6.07) is 14.4. The second kappa shape index (κ2) is 3.62. The number of benzene rings is 1. The van der Waals surface area contributed by atoms with Crippen LogP contribution < -0.4 is 0 Å². The summed E-state index contributed by atoms with van der Waals surface area (Å²) >= 11 is 0. The quantitative estimate of drug-likeness (QED) is 0.660. The lowest BCUT2D eigenvalue weighted by molar-refractivity contribution is 1.18. The molecule has 1 heteroatoms. The van der Waals surface area contributed by atoms with E-state index in [1.165, 1.54) is 11.1 Å². The Bertz CT molecular complexity index is 432. The SMILES string of the molecule is Cc1ccc(C)c(-c2ccccc2)n1. The molecule has 1 nitrogen and oxygen atoms in total. The first kappa shape index (κ1) is 8.95. The van der Waals surface area contributed by atoms with Gasteiger partial charge in [0.25, 0.3) is 0 Å². The van der Waals surface area contributed by atoms with Crippen molar-refractivity contribution < 1.29 is 0 Å². The van der Waals surface area contributed by atoms with Crippen molar-refractivity contribution >= 4 is 0 Å². The minimum atomic E-state index is 1.06. The summed E-state index contributed by atoms with van der Waals surface area (Å²) in [7, 11) is 0. The summed E-state index contributed by atoms with van der Waals surface area (Å²) in [6.45, 7) is 4.11. The van der Waals surface area contributed by atoms with E-state index < -0.39 is 0 Å². The van der Waals surface area contributed by atoms with Crippen molar-refractivity contribution in [1.29, 1.82) is 0 Å². The number of aromatic nitrogens is 1. The van der Waals surface area contributed by atoms with Gasteiger partial charge < -0.3 is 0 Å².